The fourth-order valence-corrected chi connectivity index (χ4v) is 7.01. The van der Waals surface area contributed by atoms with Crippen LogP contribution >= 0.6 is 0 Å². The van der Waals surface area contributed by atoms with Crippen LogP contribution in [0.15, 0.2) is 16.7 Å². The van der Waals surface area contributed by atoms with E-state index in [1.807, 2.05) is 25.3 Å². The number of carbonyl (C=O) groups is 3. The van der Waals surface area contributed by atoms with Gasteiger partial charge in [0.2, 0.25) is 11.7 Å². The number of ether oxygens (including phenoxy) is 1. The van der Waals surface area contributed by atoms with Crippen LogP contribution in [0.4, 0.5) is 0 Å². The van der Waals surface area contributed by atoms with Crippen LogP contribution in [0.25, 0.3) is 5.82 Å². The van der Waals surface area contributed by atoms with E-state index in [0.717, 1.165) is 30.7 Å². The molecule has 8 nitrogen and oxygen atoms in total. The molecule has 4 saturated carbocycles. The van der Waals surface area contributed by atoms with Crippen LogP contribution in [0.1, 0.15) is 72.5 Å². The van der Waals surface area contributed by atoms with Crippen molar-refractivity contribution in [3.8, 4) is 5.82 Å². The van der Waals surface area contributed by atoms with Gasteiger partial charge in [0.15, 0.2) is 12.4 Å². The van der Waals surface area contributed by atoms with Crippen molar-refractivity contribution in [3.05, 3.63) is 34.8 Å². The molecule has 8 heteroatoms. The number of amides is 1. The number of rotatable bonds is 8. The molecule has 0 aliphatic heterocycles. The molecule has 2 aromatic heterocycles. The number of aromatic nitrogens is 2. The van der Waals surface area contributed by atoms with Gasteiger partial charge in [-0.05, 0) is 83.1 Å². The molecule has 4 bridgehead atoms. The Morgan fingerprint density at radius 3 is 2.32 bits per heavy atom. The second-order valence-corrected chi connectivity index (χ2v) is 10.7. The van der Waals surface area contributed by atoms with Crippen molar-refractivity contribution in [2.75, 3.05) is 13.2 Å². The van der Waals surface area contributed by atoms with E-state index >= 15 is 0 Å². The van der Waals surface area contributed by atoms with Gasteiger partial charge in [0.05, 0.1) is 6.42 Å². The molecule has 0 unspecified atom stereocenters. The summed E-state index contributed by atoms with van der Waals surface area (Å²) in [7, 11) is 0. The Morgan fingerprint density at radius 2 is 1.74 bits per heavy atom. The minimum Gasteiger partial charge on any atom is -0.457 e. The highest BCUT2D eigenvalue weighted by molar-refractivity contribution is 5.99. The number of hydrogen-bond donors (Lipinski definition) is 1. The summed E-state index contributed by atoms with van der Waals surface area (Å²) in [4.78, 5) is 37.9. The lowest BCUT2D eigenvalue weighted by Gasteiger charge is -2.55. The first kappa shape index (κ1) is 22.9. The predicted octanol–water partition coefficient (Wildman–Crippen LogP) is 3.84. The Labute approximate surface area is 199 Å². The molecule has 0 atom stereocenters. The van der Waals surface area contributed by atoms with Crippen molar-refractivity contribution in [2.24, 2.45) is 23.2 Å². The summed E-state index contributed by atoms with van der Waals surface area (Å²) in [6, 6.07) is 3.56. The molecule has 34 heavy (non-hydrogen) atoms. The predicted molar refractivity (Wildman–Crippen MR) is 124 cm³/mol. The average molecular weight is 468 g/mol. The van der Waals surface area contributed by atoms with Gasteiger partial charge >= 0.3 is 5.97 Å². The molecule has 4 fully saturated rings. The highest BCUT2D eigenvalue weighted by Crippen LogP contribution is 2.60. The van der Waals surface area contributed by atoms with Gasteiger partial charge in [0, 0.05) is 35.0 Å². The maximum absolute atomic E-state index is 13.0. The Bertz CT molecular complexity index is 1090. The first-order chi connectivity index (χ1) is 16.2. The molecular formula is C26H33N3O5. The van der Waals surface area contributed by atoms with E-state index in [1.54, 1.807) is 12.1 Å². The zero-order chi connectivity index (χ0) is 24.0. The monoisotopic (exact) mass is 467 g/mol. The minimum atomic E-state index is -0.486. The minimum absolute atomic E-state index is 0.0582. The summed E-state index contributed by atoms with van der Waals surface area (Å²) in [5, 5.41) is 7.00. The molecule has 0 spiro atoms. The van der Waals surface area contributed by atoms with Crippen molar-refractivity contribution in [1.82, 2.24) is 15.0 Å². The molecule has 0 aromatic carbocycles. The number of carbonyl (C=O) groups excluding carboxylic acids is 3. The first-order valence-electron chi connectivity index (χ1n) is 12.3. The van der Waals surface area contributed by atoms with E-state index in [9.17, 15) is 14.4 Å². The third-order valence-electron chi connectivity index (χ3n) is 8.08. The second-order valence-electron chi connectivity index (χ2n) is 10.7. The molecule has 2 aromatic rings. The van der Waals surface area contributed by atoms with Gasteiger partial charge < -0.3 is 14.6 Å². The Kier molecular flexibility index (Phi) is 5.86. The van der Waals surface area contributed by atoms with Crippen LogP contribution in [0.5, 0.6) is 0 Å². The maximum atomic E-state index is 13.0. The number of ketones is 1. The van der Waals surface area contributed by atoms with Crippen molar-refractivity contribution >= 4 is 17.7 Å². The van der Waals surface area contributed by atoms with Gasteiger partial charge in [-0.1, -0.05) is 5.16 Å². The Morgan fingerprint density at radius 1 is 1.09 bits per heavy atom. The lowest BCUT2D eigenvalue weighted by molar-refractivity contribution is -0.147. The van der Waals surface area contributed by atoms with Gasteiger partial charge in [-0.25, -0.2) is 0 Å². The maximum Gasteiger partial charge on any atom is 0.308 e. The van der Waals surface area contributed by atoms with Gasteiger partial charge in [-0.15, -0.1) is 0 Å². The fraction of sp³-hybridized carbons (Fsp3) is 0.615. The van der Waals surface area contributed by atoms with Crippen LogP contribution in [-0.4, -0.2) is 40.5 Å². The summed E-state index contributed by atoms with van der Waals surface area (Å²) in [6.45, 7) is 5.43. The van der Waals surface area contributed by atoms with Crippen LogP contribution in [0.3, 0.4) is 0 Å². The number of nitrogens with one attached hydrogen (secondary N) is 1. The second kappa shape index (κ2) is 8.71. The van der Waals surface area contributed by atoms with Gasteiger partial charge in [0.1, 0.15) is 5.76 Å². The number of esters is 1. The largest absolute Gasteiger partial charge is 0.457 e. The molecule has 0 saturated heterocycles. The molecule has 0 radical (unpaired) electrons. The Hall–Kier alpha value is -2.90. The summed E-state index contributed by atoms with van der Waals surface area (Å²) in [5.74, 6) is 2.73. The lowest BCUT2D eigenvalue weighted by atomic mass is 9.49. The van der Waals surface area contributed by atoms with Crippen LogP contribution < -0.4 is 5.32 Å². The van der Waals surface area contributed by atoms with E-state index in [0.29, 0.717) is 34.9 Å². The summed E-state index contributed by atoms with van der Waals surface area (Å²) < 4.78 is 12.2. The van der Waals surface area contributed by atoms with Crippen molar-refractivity contribution in [1.29, 1.82) is 0 Å². The smallest absolute Gasteiger partial charge is 0.308 e. The molecule has 182 valence electrons. The standard InChI is InChI=1S/C26H33N3O5/c1-15-6-21(17(3)29(15)23-7-16(2)34-28-23)22(30)14-33-24(31)4-5-27-25(32)26-11-18-8-19(12-26)10-20(9-18)13-26/h6-7,18-20H,4-5,8-14H2,1-3H3,(H,27,32). The van der Waals surface area contributed by atoms with Crippen molar-refractivity contribution in [3.63, 3.8) is 0 Å². The van der Waals surface area contributed by atoms with Gasteiger partial charge in [-0.3, -0.25) is 19.0 Å². The number of aryl methyl sites for hydroxylation is 2. The molecular weight excluding hydrogens is 434 g/mol. The zero-order valence-electron chi connectivity index (χ0n) is 20.2. The van der Waals surface area contributed by atoms with Crippen molar-refractivity contribution in [2.45, 2.75) is 65.7 Å². The average Bonchev–Trinajstić information content (AvgIpc) is 3.32. The third-order valence-corrected chi connectivity index (χ3v) is 8.08. The van der Waals surface area contributed by atoms with Crippen LogP contribution in [0.2, 0.25) is 0 Å². The van der Waals surface area contributed by atoms with Crippen molar-refractivity contribution < 1.29 is 23.6 Å². The molecule has 4 aliphatic carbocycles. The summed E-state index contributed by atoms with van der Waals surface area (Å²) in [6.07, 6.45) is 6.90. The number of Topliss-reactive ketones (excluding diaryl/α,β-unsaturated/α-hetero) is 1. The quantitative estimate of drug-likeness (QED) is 0.467. The van der Waals surface area contributed by atoms with Gasteiger partial charge in [0.25, 0.3) is 0 Å². The molecule has 6 rings (SSSR count). The van der Waals surface area contributed by atoms with E-state index in [4.69, 9.17) is 9.26 Å². The SMILES string of the molecule is Cc1cc(-n2c(C)cc(C(=O)COC(=O)CCNC(=O)C34CC5CC(CC(C5)C3)C4)c2C)no1. The topological polar surface area (TPSA) is 103 Å². The summed E-state index contributed by atoms with van der Waals surface area (Å²) in [5.41, 5.74) is 1.82. The molecule has 2 heterocycles. The normalized spacial score (nSPS) is 27.1. The third kappa shape index (κ3) is 4.18. The number of nitrogens with zero attached hydrogens (tertiary/aromatic N) is 2. The number of hydrogen-bond acceptors (Lipinski definition) is 6. The Balaban J connectivity index is 1.10. The zero-order valence-corrected chi connectivity index (χ0v) is 20.2. The van der Waals surface area contributed by atoms with Crippen LogP contribution in [0, 0.1) is 43.9 Å². The highest BCUT2D eigenvalue weighted by Gasteiger charge is 2.54. The fourth-order valence-electron chi connectivity index (χ4n) is 7.01. The van der Waals surface area contributed by atoms with E-state index in [-0.39, 0.29) is 36.7 Å². The van der Waals surface area contributed by atoms with E-state index < -0.39 is 5.97 Å². The van der Waals surface area contributed by atoms with E-state index in [1.165, 1.54) is 19.3 Å². The van der Waals surface area contributed by atoms with E-state index in [2.05, 4.69) is 10.5 Å². The molecule has 1 amide bonds. The highest BCUT2D eigenvalue weighted by atomic mass is 16.5. The lowest BCUT2D eigenvalue weighted by Crippen LogP contribution is -2.53. The first-order valence-corrected chi connectivity index (χ1v) is 12.3. The summed E-state index contributed by atoms with van der Waals surface area (Å²) >= 11 is 0. The van der Waals surface area contributed by atoms with Gasteiger partial charge in [-0.2, -0.15) is 0 Å². The molecule has 4 aliphatic rings. The molecule has 1 N–H and O–H groups in total. The van der Waals surface area contributed by atoms with Crippen LogP contribution in [-0.2, 0) is 14.3 Å².